The fourth-order valence-electron chi connectivity index (χ4n) is 3.79. The molecular weight excluding hydrogens is 492 g/mol. The number of anilines is 1. The topological polar surface area (TPSA) is 119 Å². The van der Waals surface area contributed by atoms with Gasteiger partial charge >= 0.3 is 6.61 Å². The van der Waals surface area contributed by atoms with Crippen molar-refractivity contribution in [3.63, 3.8) is 0 Å². The third-order valence-corrected chi connectivity index (χ3v) is 5.87. The van der Waals surface area contributed by atoms with Crippen LogP contribution in [0.5, 0.6) is 5.75 Å². The van der Waals surface area contributed by atoms with Gasteiger partial charge in [0.15, 0.2) is 0 Å². The number of carbonyl (C=O) groups is 1. The summed E-state index contributed by atoms with van der Waals surface area (Å²) < 4.78 is 29.7. The molecule has 1 amide bonds. The number of hydrogen-bond acceptors (Lipinski definition) is 6. The number of aliphatic imine (C=N–C) groups is 1. The van der Waals surface area contributed by atoms with Gasteiger partial charge in [-0.15, -0.1) is 4.99 Å². The van der Waals surface area contributed by atoms with E-state index < -0.39 is 18.7 Å². The standard InChI is InChI=1S/C24H26ClF2N7O2/c1-4-33(22(35)15(3)29)20-12-34(32-21(20)16-8-9-19(25)14(2)10-16)24(30-13-28)31-17-6-5-7-18(11-17)36-23(26)27/h5-11,15,20,23H,4,12,29H2,1-3H3,(H,30,31)/t15-,20?/m0/s1. The Morgan fingerprint density at radius 3 is 2.78 bits per heavy atom. The number of nitrogens with zero attached hydrogens (tertiary/aromatic N) is 5. The van der Waals surface area contributed by atoms with Gasteiger partial charge in [0.2, 0.25) is 18.1 Å². The van der Waals surface area contributed by atoms with Gasteiger partial charge in [0, 0.05) is 28.9 Å². The smallest absolute Gasteiger partial charge is 0.387 e. The van der Waals surface area contributed by atoms with Crippen molar-refractivity contribution < 1.29 is 18.3 Å². The Labute approximate surface area is 212 Å². The van der Waals surface area contributed by atoms with Gasteiger partial charge in [0.1, 0.15) is 5.75 Å². The molecule has 2 aromatic carbocycles. The van der Waals surface area contributed by atoms with E-state index in [9.17, 15) is 18.8 Å². The van der Waals surface area contributed by atoms with E-state index in [1.165, 1.54) is 23.2 Å². The van der Waals surface area contributed by atoms with Crippen molar-refractivity contribution in [2.24, 2.45) is 15.8 Å². The maximum atomic E-state index is 12.9. The molecule has 0 fully saturated rings. The zero-order valence-electron chi connectivity index (χ0n) is 20.0. The van der Waals surface area contributed by atoms with Crippen LogP contribution in [-0.2, 0) is 4.79 Å². The minimum Gasteiger partial charge on any atom is -0.435 e. The second kappa shape index (κ2) is 11.8. The molecule has 9 nitrogen and oxygen atoms in total. The number of carbonyl (C=O) groups excluding carboxylic acids is 1. The molecule has 0 aliphatic carbocycles. The van der Waals surface area contributed by atoms with E-state index in [-0.39, 0.29) is 24.2 Å². The van der Waals surface area contributed by atoms with E-state index in [1.807, 2.05) is 19.9 Å². The highest BCUT2D eigenvalue weighted by molar-refractivity contribution is 6.31. The van der Waals surface area contributed by atoms with Gasteiger partial charge in [-0.3, -0.25) is 4.79 Å². The SMILES string of the molecule is CCN(C(=O)[C@H](C)N)C1CN(/C(=N\C#N)Nc2cccc(OC(F)F)c2)N=C1c1ccc(Cl)c(C)c1. The van der Waals surface area contributed by atoms with Gasteiger partial charge in [-0.25, -0.2) is 5.01 Å². The number of nitrogens with two attached hydrogens (primary N) is 1. The molecule has 36 heavy (non-hydrogen) atoms. The average molecular weight is 518 g/mol. The Balaban J connectivity index is 2.00. The van der Waals surface area contributed by atoms with Crippen LogP contribution >= 0.6 is 11.6 Å². The molecule has 2 atom stereocenters. The lowest BCUT2D eigenvalue weighted by Gasteiger charge is -2.30. The van der Waals surface area contributed by atoms with Crippen molar-refractivity contribution in [3.8, 4) is 11.9 Å². The Bertz CT molecular complexity index is 1210. The summed E-state index contributed by atoms with van der Waals surface area (Å²) in [4.78, 5) is 18.4. The summed E-state index contributed by atoms with van der Waals surface area (Å²) in [5.41, 5.74) is 8.38. The maximum Gasteiger partial charge on any atom is 0.387 e. The minimum absolute atomic E-state index is 0.0432. The van der Waals surface area contributed by atoms with Gasteiger partial charge in [-0.2, -0.15) is 19.1 Å². The van der Waals surface area contributed by atoms with Crippen LogP contribution < -0.4 is 15.8 Å². The molecular formula is C24H26ClF2N7O2. The largest absolute Gasteiger partial charge is 0.435 e. The maximum absolute atomic E-state index is 12.9. The molecule has 3 rings (SSSR count). The van der Waals surface area contributed by atoms with Crippen LogP contribution in [0.1, 0.15) is 25.0 Å². The van der Waals surface area contributed by atoms with Crippen LogP contribution in [-0.4, -0.2) is 59.3 Å². The number of hydrogen-bond donors (Lipinski definition) is 2. The molecule has 1 aliphatic heterocycles. The highest BCUT2D eigenvalue weighted by Gasteiger charge is 2.37. The number of guanidine groups is 1. The summed E-state index contributed by atoms with van der Waals surface area (Å²) in [5, 5.41) is 19.0. The van der Waals surface area contributed by atoms with E-state index in [2.05, 4.69) is 20.1 Å². The fraction of sp³-hybridized carbons (Fsp3) is 0.333. The third-order valence-electron chi connectivity index (χ3n) is 5.45. The van der Waals surface area contributed by atoms with Crippen LogP contribution in [0, 0.1) is 18.4 Å². The summed E-state index contributed by atoms with van der Waals surface area (Å²) in [7, 11) is 0. The first-order valence-electron chi connectivity index (χ1n) is 11.1. The van der Waals surface area contributed by atoms with Crippen LogP contribution in [0.4, 0.5) is 14.5 Å². The zero-order chi connectivity index (χ0) is 26.4. The lowest BCUT2D eigenvalue weighted by atomic mass is 10.00. The Morgan fingerprint density at radius 1 is 1.42 bits per heavy atom. The van der Waals surface area contributed by atoms with Gasteiger partial charge < -0.3 is 20.7 Å². The summed E-state index contributed by atoms with van der Waals surface area (Å²) >= 11 is 6.21. The first-order valence-corrected chi connectivity index (χ1v) is 11.5. The van der Waals surface area contributed by atoms with Gasteiger partial charge in [0.05, 0.1) is 24.3 Å². The number of aryl methyl sites for hydroxylation is 1. The molecule has 0 spiro atoms. The number of nitriles is 1. The number of amides is 1. The number of nitrogens with one attached hydrogen (secondary N) is 1. The summed E-state index contributed by atoms with van der Waals surface area (Å²) in [6, 6.07) is 10.0. The molecule has 1 aliphatic rings. The molecule has 1 heterocycles. The van der Waals surface area contributed by atoms with Crippen molar-refractivity contribution in [2.45, 2.75) is 39.5 Å². The van der Waals surface area contributed by atoms with Crippen molar-refractivity contribution in [1.82, 2.24) is 9.91 Å². The molecule has 12 heteroatoms. The minimum atomic E-state index is -2.98. The van der Waals surface area contributed by atoms with E-state index in [0.29, 0.717) is 23.0 Å². The second-order valence-corrected chi connectivity index (χ2v) is 8.43. The average Bonchev–Trinajstić information content (AvgIpc) is 3.26. The number of hydrazone groups is 1. The number of benzene rings is 2. The van der Waals surface area contributed by atoms with Crippen molar-refractivity contribution in [3.05, 3.63) is 58.6 Å². The normalized spacial score (nSPS) is 16.4. The van der Waals surface area contributed by atoms with Gasteiger partial charge in [-0.05, 0) is 50.6 Å². The van der Waals surface area contributed by atoms with Gasteiger partial charge in [0.25, 0.3) is 0 Å². The van der Waals surface area contributed by atoms with Crippen molar-refractivity contribution in [1.29, 1.82) is 5.26 Å². The first-order chi connectivity index (χ1) is 17.1. The molecule has 190 valence electrons. The van der Waals surface area contributed by atoms with Crippen LogP contribution in [0.2, 0.25) is 5.02 Å². The van der Waals surface area contributed by atoms with Crippen LogP contribution in [0.3, 0.4) is 0 Å². The molecule has 0 radical (unpaired) electrons. The van der Waals surface area contributed by atoms with Gasteiger partial charge in [-0.1, -0.05) is 23.7 Å². The molecule has 2 aromatic rings. The lowest BCUT2D eigenvalue weighted by Crippen LogP contribution is -2.52. The second-order valence-electron chi connectivity index (χ2n) is 8.03. The number of ether oxygens (including phenoxy) is 1. The van der Waals surface area contributed by atoms with Crippen molar-refractivity contribution >= 4 is 34.9 Å². The Morgan fingerprint density at radius 2 is 2.17 bits per heavy atom. The zero-order valence-corrected chi connectivity index (χ0v) is 20.7. The Hall–Kier alpha value is -3.75. The monoisotopic (exact) mass is 517 g/mol. The molecule has 0 saturated carbocycles. The number of halogens is 3. The molecule has 0 bridgehead atoms. The molecule has 0 saturated heterocycles. The fourth-order valence-corrected chi connectivity index (χ4v) is 3.91. The van der Waals surface area contributed by atoms with Crippen LogP contribution in [0.25, 0.3) is 0 Å². The lowest BCUT2D eigenvalue weighted by molar-refractivity contribution is -0.133. The number of likely N-dealkylation sites (N-methyl/N-ethyl adjacent to an activating group) is 1. The Kier molecular flexibility index (Phi) is 8.79. The number of alkyl halides is 2. The third kappa shape index (κ3) is 6.27. The summed E-state index contributed by atoms with van der Waals surface area (Å²) in [6.45, 7) is 2.87. The molecule has 3 N–H and O–H groups in total. The summed E-state index contributed by atoms with van der Waals surface area (Å²) in [6.07, 6.45) is 1.73. The van der Waals surface area contributed by atoms with E-state index in [4.69, 9.17) is 17.3 Å². The van der Waals surface area contributed by atoms with Crippen LogP contribution in [0.15, 0.2) is 52.6 Å². The highest BCUT2D eigenvalue weighted by atomic mass is 35.5. The quantitative estimate of drug-likeness (QED) is 0.328. The van der Waals surface area contributed by atoms with E-state index in [0.717, 1.165) is 11.1 Å². The first kappa shape index (κ1) is 26.8. The number of rotatable bonds is 7. The predicted octanol–water partition coefficient (Wildman–Crippen LogP) is 3.78. The molecule has 1 unspecified atom stereocenters. The molecule has 0 aromatic heterocycles. The van der Waals surface area contributed by atoms with E-state index >= 15 is 0 Å². The van der Waals surface area contributed by atoms with Crippen molar-refractivity contribution in [2.75, 3.05) is 18.4 Å². The summed E-state index contributed by atoms with van der Waals surface area (Å²) in [5.74, 6) is -0.279. The highest BCUT2D eigenvalue weighted by Crippen LogP contribution is 2.25. The predicted molar refractivity (Wildman–Crippen MR) is 134 cm³/mol. The van der Waals surface area contributed by atoms with E-state index in [1.54, 1.807) is 36.2 Å².